The van der Waals surface area contributed by atoms with Gasteiger partial charge in [-0.25, -0.2) is 9.13 Å². The maximum Gasteiger partial charge on any atom is 0.472 e. The van der Waals surface area contributed by atoms with E-state index in [9.17, 15) is 43.5 Å². The Balaban J connectivity index is 4.44. The molecule has 0 saturated heterocycles. The normalized spacial score (nSPS) is 14.7. The van der Waals surface area contributed by atoms with Crippen molar-refractivity contribution in [3.05, 3.63) is 158 Å². The van der Waals surface area contributed by atoms with E-state index in [1.165, 1.54) is 103 Å². The molecule has 0 aromatic heterocycles. The predicted molar refractivity (Wildman–Crippen MR) is 454 cm³/mol. The molecule has 0 fully saturated rings. The van der Waals surface area contributed by atoms with Crippen LogP contribution in [0, 0.1) is 0 Å². The summed E-state index contributed by atoms with van der Waals surface area (Å²) in [5, 5.41) is 20.7. The average Bonchev–Trinajstić information content (AvgIpc) is 0.902. The quantitative estimate of drug-likeness (QED) is 0.0146. The Labute approximate surface area is 663 Å². The Kier molecular flexibility index (Phi) is 79.0. The molecule has 16 nitrogen and oxygen atoms in total. The number of ether oxygens (including phenoxy) is 3. The fourth-order valence-corrected chi connectivity index (χ4v) is 12.9. The maximum absolute atomic E-state index is 13.0. The molecule has 0 radical (unpaired) electrons. The lowest BCUT2D eigenvalue weighted by Crippen LogP contribution is -2.30. The van der Waals surface area contributed by atoms with Gasteiger partial charge in [-0.15, -0.1) is 0 Å². The van der Waals surface area contributed by atoms with E-state index < -0.39 is 91.5 Å². The summed E-state index contributed by atoms with van der Waals surface area (Å²) >= 11 is 0. The largest absolute Gasteiger partial charge is 0.472 e. The minimum atomic E-state index is -4.94. The van der Waals surface area contributed by atoms with E-state index in [0.29, 0.717) is 19.3 Å². The number of phosphoric ester groups is 2. The van der Waals surface area contributed by atoms with Crippen molar-refractivity contribution in [1.29, 1.82) is 0 Å². The minimum Gasteiger partial charge on any atom is -0.463 e. The summed E-state index contributed by atoms with van der Waals surface area (Å²) in [6.45, 7) is 2.33. The van der Waals surface area contributed by atoms with Crippen molar-refractivity contribution >= 4 is 33.6 Å². The number of rotatable bonds is 80. The van der Waals surface area contributed by atoms with Crippen LogP contribution in [0.15, 0.2) is 158 Å². The molecule has 624 valence electrons. The summed E-state index contributed by atoms with van der Waals surface area (Å²) in [5.74, 6) is -1.60. The first kappa shape index (κ1) is 104. The molecule has 0 bridgehead atoms. The number of phosphoric acid groups is 2. The van der Waals surface area contributed by atoms with Gasteiger partial charge in [-0.05, 0) is 141 Å². The molecule has 5 unspecified atom stereocenters. The van der Waals surface area contributed by atoms with Gasteiger partial charge in [0.1, 0.15) is 25.4 Å². The maximum atomic E-state index is 13.0. The molecule has 0 aromatic carbocycles. The van der Waals surface area contributed by atoms with Crippen molar-refractivity contribution in [1.82, 2.24) is 0 Å². The van der Waals surface area contributed by atoms with Gasteiger partial charge in [-0.2, -0.15) is 0 Å². The molecule has 18 heteroatoms. The molecule has 0 saturated carbocycles. The number of esters is 3. The van der Waals surface area contributed by atoms with Crippen molar-refractivity contribution in [3.63, 3.8) is 0 Å². The SMILES string of the molecule is CC/C=C\C/C=C\C/C=C\C/C=C\C/C=C\CCCCCCCCCCCCCCCCCCCCCC(=O)OCC(O)COP(=O)(O)OCC(O)COP(=O)(O)OCC(COC(=O)CCCCCCCCC/C=C\C/C=C\C/C=C\C/C=C\C/C=C\CC)OC(=O)CCCCCCC/C=C\C/C=C\C/C=C\CC. The molecule has 0 amide bonds. The van der Waals surface area contributed by atoms with Gasteiger partial charge in [0.05, 0.1) is 26.4 Å². The number of carbonyl (C=O) groups is 3. The third-order valence-electron chi connectivity index (χ3n) is 17.7. The fourth-order valence-electron chi connectivity index (χ4n) is 11.3. The lowest BCUT2D eigenvalue weighted by molar-refractivity contribution is -0.161. The molecule has 0 rings (SSSR count). The molecule has 4 N–H and O–H groups in total. The lowest BCUT2D eigenvalue weighted by atomic mass is 10.0. The van der Waals surface area contributed by atoms with Gasteiger partial charge in [-0.3, -0.25) is 32.5 Å². The van der Waals surface area contributed by atoms with Gasteiger partial charge < -0.3 is 34.2 Å². The summed E-state index contributed by atoms with van der Waals surface area (Å²) in [7, 11) is -9.81. The van der Waals surface area contributed by atoms with Crippen LogP contribution in [0.2, 0.25) is 0 Å². The van der Waals surface area contributed by atoms with Crippen LogP contribution >= 0.6 is 15.6 Å². The van der Waals surface area contributed by atoms with Gasteiger partial charge >= 0.3 is 33.6 Å². The summed E-state index contributed by atoms with van der Waals surface area (Å²) in [4.78, 5) is 58.8. The third-order valence-corrected chi connectivity index (χ3v) is 19.6. The first-order valence-electron chi connectivity index (χ1n) is 42.8. The summed E-state index contributed by atoms with van der Waals surface area (Å²) in [6, 6.07) is 0. The monoisotopic (exact) mass is 1570 g/mol. The number of hydrogen-bond donors (Lipinski definition) is 4. The van der Waals surface area contributed by atoms with E-state index in [1.807, 2.05) is 0 Å². The van der Waals surface area contributed by atoms with Crippen LogP contribution in [0.25, 0.3) is 0 Å². The van der Waals surface area contributed by atoms with E-state index in [2.05, 4.69) is 179 Å². The Morgan fingerprint density at radius 3 is 0.725 bits per heavy atom. The number of unbranched alkanes of at least 4 members (excludes halogenated alkanes) is 31. The molecule has 0 aliphatic rings. The second kappa shape index (κ2) is 82.6. The molecule has 0 aliphatic heterocycles. The topological polar surface area (TPSA) is 231 Å². The van der Waals surface area contributed by atoms with E-state index in [4.69, 9.17) is 32.3 Å². The molecule has 0 heterocycles. The highest BCUT2D eigenvalue weighted by Gasteiger charge is 2.29. The minimum absolute atomic E-state index is 0.0787. The van der Waals surface area contributed by atoms with Gasteiger partial charge in [0.2, 0.25) is 0 Å². The van der Waals surface area contributed by atoms with Crippen LogP contribution in [0.5, 0.6) is 0 Å². The van der Waals surface area contributed by atoms with E-state index in [-0.39, 0.29) is 19.3 Å². The molecular weight excluding hydrogens is 1410 g/mol. The highest BCUT2D eigenvalue weighted by Crippen LogP contribution is 2.45. The van der Waals surface area contributed by atoms with Gasteiger partial charge in [0, 0.05) is 19.3 Å². The lowest BCUT2D eigenvalue weighted by Gasteiger charge is -2.21. The van der Waals surface area contributed by atoms with Gasteiger partial charge in [0.15, 0.2) is 6.10 Å². The van der Waals surface area contributed by atoms with Gasteiger partial charge in [-0.1, -0.05) is 339 Å². The second-order valence-corrected chi connectivity index (χ2v) is 31.1. The van der Waals surface area contributed by atoms with Crippen LogP contribution in [-0.4, -0.2) is 95.9 Å². The standard InChI is InChI=1S/C91H154O16P2/c1-4-7-10-13-16-19-22-25-28-30-32-34-36-37-38-39-40-41-42-43-44-45-46-47-49-51-52-54-57-59-62-65-68-71-74-77-89(94)101-80-86(92)81-103-108(97,98)104-82-87(93)83-105-109(99,100)106-85-88(107-91(96)79-76-73-70-67-64-61-56-27-24-21-18-15-12-9-6-3)84-102-90(95)78-75-72-69-66-63-60-58-55-53-50-48-35-33-31-29-26-23-20-17-14-11-8-5-2/h7-12,16-21,25-29,32-35,37-38,50,53,56,86-88,92-93H,4-6,13-15,22-24,30-31,36,39-49,51-52,54-55,57-85H2,1-3H3,(H,97,98)(H,99,100)/b10-7-,11-8-,12-9-,19-16-,20-17-,21-18-,28-25-,29-26-,34-32-,35-33-,38-37-,53-50-,56-27-. The summed E-state index contributed by atoms with van der Waals surface area (Å²) in [5.41, 5.74) is 0. The molecule has 0 aromatic rings. The van der Waals surface area contributed by atoms with Crippen molar-refractivity contribution < 1.29 is 75.8 Å². The third kappa shape index (κ3) is 83.9. The Bertz CT molecular complexity index is 2610. The highest BCUT2D eigenvalue weighted by molar-refractivity contribution is 7.47. The van der Waals surface area contributed by atoms with Crippen LogP contribution in [0.4, 0.5) is 0 Å². The molecule has 0 spiro atoms. The van der Waals surface area contributed by atoms with Crippen molar-refractivity contribution in [3.8, 4) is 0 Å². The second-order valence-electron chi connectivity index (χ2n) is 28.2. The van der Waals surface area contributed by atoms with Crippen molar-refractivity contribution in [2.24, 2.45) is 0 Å². The molecule has 109 heavy (non-hydrogen) atoms. The summed E-state index contributed by atoms with van der Waals surface area (Å²) in [6.07, 6.45) is 105. The van der Waals surface area contributed by atoms with E-state index in [0.717, 1.165) is 180 Å². The molecular formula is C91H154O16P2. The fraction of sp³-hybridized carbons (Fsp3) is 0.681. The number of aliphatic hydroxyl groups is 2. The first-order valence-corrected chi connectivity index (χ1v) is 45.8. The first-order chi connectivity index (χ1) is 53.2. The zero-order valence-electron chi connectivity index (χ0n) is 68.4. The molecule has 5 atom stereocenters. The average molecular weight is 1570 g/mol. The zero-order valence-corrected chi connectivity index (χ0v) is 70.2. The number of aliphatic hydroxyl groups excluding tert-OH is 2. The van der Waals surface area contributed by atoms with Crippen LogP contribution in [0.3, 0.4) is 0 Å². The van der Waals surface area contributed by atoms with Crippen LogP contribution < -0.4 is 0 Å². The van der Waals surface area contributed by atoms with E-state index in [1.54, 1.807) is 0 Å². The van der Waals surface area contributed by atoms with Crippen LogP contribution in [-0.2, 0) is 55.8 Å². The van der Waals surface area contributed by atoms with E-state index >= 15 is 0 Å². The number of allylic oxidation sites excluding steroid dienone is 26. The smallest absolute Gasteiger partial charge is 0.463 e. The highest BCUT2D eigenvalue weighted by atomic mass is 31.2. The Morgan fingerprint density at radius 1 is 0.257 bits per heavy atom. The zero-order chi connectivity index (χ0) is 79.4. The predicted octanol–water partition coefficient (Wildman–Crippen LogP) is 25.8. The number of hydrogen-bond acceptors (Lipinski definition) is 14. The van der Waals surface area contributed by atoms with Crippen molar-refractivity contribution in [2.75, 3.05) is 39.6 Å². The number of carbonyl (C=O) groups excluding carboxylic acids is 3. The Morgan fingerprint density at radius 2 is 0.459 bits per heavy atom. The Hall–Kier alpha value is -4.83. The molecule has 0 aliphatic carbocycles. The summed E-state index contributed by atoms with van der Waals surface area (Å²) < 4.78 is 61.2. The van der Waals surface area contributed by atoms with Crippen LogP contribution in [0.1, 0.15) is 342 Å². The van der Waals surface area contributed by atoms with Crippen molar-refractivity contribution in [2.45, 2.75) is 360 Å². The van der Waals surface area contributed by atoms with Gasteiger partial charge in [0.25, 0.3) is 0 Å².